The number of aromatic nitrogens is 3. The van der Waals surface area contributed by atoms with Crippen molar-refractivity contribution in [3.05, 3.63) is 102 Å². The monoisotopic (exact) mass is 588 g/mol. The van der Waals surface area contributed by atoms with Crippen molar-refractivity contribution in [2.75, 3.05) is 6.79 Å². The molecule has 5 aromatic rings. The lowest BCUT2D eigenvalue weighted by Crippen LogP contribution is -2.25. The maximum atomic E-state index is 14.5. The Hall–Kier alpha value is -3.74. The number of fused-ring (bicyclic) bond motifs is 2. The summed E-state index contributed by atoms with van der Waals surface area (Å²) in [5.41, 5.74) is 2.50. The maximum absolute atomic E-state index is 14.5. The van der Waals surface area contributed by atoms with E-state index in [2.05, 4.69) is 45.6 Å². The molecule has 0 radical (unpaired) electrons. The molecule has 0 spiro atoms. The average molecular weight is 589 g/mol. The van der Waals surface area contributed by atoms with Crippen LogP contribution in [0, 0.1) is 0 Å². The summed E-state index contributed by atoms with van der Waals surface area (Å²) < 4.78 is 42.4. The summed E-state index contributed by atoms with van der Waals surface area (Å²) in [6.45, 7) is 4.74. The molecule has 1 unspecified atom stereocenters. The Bertz CT molecular complexity index is 1660. The molecule has 0 aliphatic carbocycles. The van der Waals surface area contributed by atoms with Crippen molar-refractivity contribution in [2.45, 2.75) is 58.0 Å². The quantitative estimate of drug-likeness (QED) is 0.151. The molecule has 1 aliphatic rings. The van der Waals surface area contributed by atoms with Crippen LogP contribution in [0.3, 0.4) is 0 Å². The maximum Gasteiger partial charge on any atom is 0.264 e. The van der Waals surface area contributed by atoms with Crippen LogP contribution in [0.15, 0.2) is 79.0 Å². The first-order valence-electron chi connectivity index (χ1n) is 14.3. The number of alkyl halides is 2. The minimum atomic E-state index is -2.96. The first-order chi connectivity index (χ1) is 20.4. The predicted molar refractivity (Wildman–Crippen MR) is 165 cm³/mol. The lowest BCUT2D eigenvalue weighted by atomic mass is 10.1. The highest BCUT2D eigenvalue weighted by Gasteiger charge is 2.29. The summed E-state index contributed by atoms with van der Waals surface area (Å²) in [6.07, 6.45) is 3.40. The van der Waals surface area contributed by atoms with E-state index in [1.54, 1.807) is 9.24 Å². The molecule has 6 nitrogen and oxygen atoms in total. The molecule has 1 aliphatic heterocycles. The molecule has 9 heteroatoms. The Labute approximate surface area is 246 Å². The van der Waals surface area contributed by atoms with E-state index >= 15 is 0 Å². The second-order valence-electron chi connectivity index (χ2n) is 10.9. The Morgan fingerprint density at radius 2 is 1.71 bits per heavy atom. The van der Waals surface area contributed by atoms with Gasteiger partial charge in [0.1, 0.15) is 5.82 Å². The first kappa shape index (κ1) is 28.4. The highest BCUT2D eigenvalue weighted by Crippen LogP contribution is 2.35. The molecule has 0 amide bonds. The highest BCUT2D eigenvalue weighted by molar-refractivity contribution is 7.18. The largest absolute Gasteiger partial charge is 0.454 e. The molecular weight excluding hydrogens is 553 g/mol. The summed E-state index contributed by atoms with van der Waals surface area (Å²) >= 11 is 0. The van der Waals surface area contributed by atoms with Gasteiger partial charge in [0.15, 0.2) is 11.5 Å². The van der Waals surface area contributed by atoms with E-state index < -0.39 is 12.1 Å². The fourth-order valence-electron chi connectivity index (χ4n) is 5.58. The molecule has 42 heavy (non-hydrogen) atoms. The number of hydrogen-bond acceptors (Lipinski definition) is 4. The standard InChI is InChI=1S/C33H35F2N4O2P/c1-2-3-15-39-29(28(18-33(34,35)42)37-32(39)25-7-5-4-6-8-25)21-38(19-23-9-11-27-26(16-23)13-14-36-27)20-24-10-12-30-31(17-24)41-22-40-30/h4-14,16-17,36H,2-3,15,18-22,42H2,1H3. The Kier molecular flexibility index (Phi) is 8.27. The number of halogens is 2. The van der Waals surface area contributed by atoms with Crippen molar-refractivity contribution < 1.29 is 18.3 Å². The molecule has 218 valence electrons. The molecule has 6 rings (SSSR count). The fraction of sp³-hybridized carbons (Fsp3) is 0.303. The van der Waals surface area contributed by atoms with Crippen LogP contribution in [0.2, 0.25) is 0 Å². The third kappa shape index (κ3) is 6.50. The molecule has 0 bridgehead atoms. The highest BCUT2D eigenvalue weighted by atomic mass is 31.0. The molecule has 1 N–H and O–H groups in total. The van der Waals surface area contributed by atoms with Crippen molar-refractivity contribution in [2.24, 2.45) is 0 Å². The molecule has 3 aromatic carbocycles. The van der Waals surface area contributed by atoms with Crippen LogP contribution in [0.25, 0.3) is 22.3 Å². The van der Waals surface area contributed by atoms with Crippen molar-refractivity contribution in [3.8, 4) is 22.9 Å². The van der Waals surface area contributed by atoms with Gasteiger partial charge in [-0.25, -0.2) is 13.8 Å². The Morgan fingerprint density at radius 1 is 0.952 bits per heavy atom. The Balaban J connectivity index is 1.41. The SMILES string of the molecule is CCCCn1c(-c2ccccc2)nc(CC(F)(F)P)c1CN(Cc1ccc2c(c1)OCO2)Cc1ccc2[nH]ccc2c1. The number of ether oxygens (including phenoxy) is 2. The van der Waals surface area contributed by atoms with E-state index in [1.165, 1.54) is 0 Å². The number of benzene rings is 3. The van der Waals surface area contributed by atoms with Crippen molar-refractivity contribution >= 4 is 20.1 Å². The third-order valence-electron chi connectivity index (χ3n) is 7.57. The number of imidazole rings is 1. The van der Waals surface area contributed by atoms with Gasteiger partial charge in [0, 0.05) is 43.5 Å². The minimum absolute atomic E-state index is 0.213. The van der Waals surface area contributed by atoms with Gasteiger partial charge in [0.05, 0.1) is 17.8 Å². The number of hydrogen-bond donors (Lipinski definition) is 1. The van der Waals surface area contributed by atoms with E-state index in [9.17, 15) is 8.78 Å². The van der Waals surface area contributed by atoms with E-state index in [1.807, 2.05) is 54.7 Å². The normalized spacial score (nSPS) is 13.0. The summed E-state index contributed by atoms with van der Waals surface area (Å²) in [6, 6.07) is 24.3. The van der Waals surface area contributed by atoms with E-state index in [-0.39, 0.29) is 6.79 Å². The summed E-state index contributed by atoms with van der Waals surface area (Å²) in [5.74, 6) is 2.20. The lowest BCUT2D eigenvalue weighted by Gasteiger charge is -2.25. The zero-order valence-electron chi connectivity index (χ0n) is 23.7. The van der Waals surface area contributed by atoms with Crippen LogP contribution in [0.5, 0.6) is 11.5 Å². The van der Waals surface area contributed by atoms with Crippen molar-refractivity contribution in [1.82, 2.24) is 19.4 Å². The summed E-state index contributed by atoms with van der Waals surface area (Å²) in [7, 11) is 1.69. The van der Waals surface area contributed by atoms with Crippen LogP contribution < -0.4 is 9.47 Å². The van der Waals surface area contributed by atoms with Crippen LogP contribution >= 0.6 is 9.24 Å². The molecule has 0 fully saturated rings. The zero-order valence-corrected chi connectivity index (χ0v) is 24.8. The van der Waals surface area contributed by atoms with E-state index in [0.717, 1.165) is 63.5 Å². The topological polar surface area (TPSA) is 55.3 Å². The van der Waals surface area contributed by atoms with Gasteiger partial charge in [0.25, 0.3) is 5.66 Å². The second kappa shape index (κ2) is 12.2. The molecule has 0 saturated carbocycles. The smallest absolute Gasteiger partial charge is 0.264 e. The fourth-order valence-corrected chi connectivity index (χ4v) is 5.77. The number of H-pyrrole nitrogens is 1. The van der Waals surface area contributed by atoms with E-state index in [0.29, 0.717) is 31.9 Å². The molecule has 2 aromatic heterocycles. The summed E-state index contributed by atoms with van der Waals surface area (Å²) in [5, 5.41) is 1.14. The number of nitrogens with one attached hydrogen (secondary N) is 1. The number of unbranched alkanes of at least 4 members (excludes halogenated alkanes) is 1. The van der Waals surface area contributed by atoms with Crippen molar-refractivity contribution in [3.63, 3.8) is 0 Å². The predicted octanol–water partition coefficient (Wildman–Crippen LogP) is 7.77. The van der Waals surface area contributed by atoms with Gasteiger partial charge in [-0.1, -0.05) is 65.0 Å². The average Bonchev–Trinajstić information content (AvgIpc) is 3.70. The summed E-state index contributed by atoms with van der Waals surface area (Å²) in [4.78, 5) is 10.4. The van der Waals surface area contributed by atoms with Crippen molar-refractivity contribution in [1.29, 1.82) is 0 Å². The Morgan fingerprint density at radius 3 is 2.50 bits per heavy atom. The molecular formula is C33H35F2N4O2P. The van der Waals surface area contributed by atoms with Gasteiger partial charge in [-0.15, -0.1) is 0 Å². The van der Waals surface area contributed by atoms with Gasteiger partial charge in [0.2, 0.25) is 6.79 Å². The second-order valence-corrected chi connectivity index (χ2v) is 11.7. The number of aromatic amines is 1. The van der Waals surface area contributed by atoms with Crippen LogP contribution in [-0.4, -0.2) is 31.9 Å². The molecule has 0 saturated heterocycles. The van der Waals surface area contributed by atoms with E-state index in [4.69, 9.17) is 14.5 Å². The van der Waals surface area contributed by atoms with Gasteiger partial charge in [-0.05, 0) is 53.3 Å². The third-order valence-corrected chi connectivity index (χ3v) is 7.77. The van der Waals surface area contributed by atoms with Crippen LogP contribution in [-0.2, 0) is 32.6 Å². The molecule has 3 heterocycles. The first-order valence-corrected chi connectivity index (χ1v) is 14.9. The molecule has 1 atom stereocenters. The van der Waals surface area contributed by atoms with Crippen LogP contribution in [0.4, 0.5) is 8.78 Å². The number of nitrogens with zero attached hydrogens (tertiary/aromatic N) is 3. The van der Waals surface area contributed by atoms with Gasteiger partial charge < -0.3 is 19.0 Å². The zero-order chi connectivity index (χ0) is 29.1. The van der Waals surface area contributed by atoms with Gasteiger partial charge >= 0.3 is 0 Å². The van der Waals surface area contributed by atoms with Gasteiger partial charge in [-0.2, -0.15) is 0 Å². The lowest BCUT2D eigenvalue weighted by molar-refractivity contribution is 0.103. The van der Waals surface area contributed by atoms with Crippen LogP contribution in [0.1, 0.15) is 42.3 Å². The minimum Gasteiger partial charge on any atom is -0.454 e. The number of rotatable bonds is 12. The van der Waals surface area contributed by atoms with Gasteiger partial charge in [-0.3, -0.25) is 4.90 Å².